The summed E-state index contributed by atoms with van der Waals surface area (Å²) in [5, 5.41) is 3.82. The van der Waals surface area contributed by atoms with Crippen LogP contribution in [0.15, 0.2) is 42.6 Å². The Bertz CT molecular complexity index is 706. The van der Waals surface area contributed by atoms with Gasteiger partial charge in [-0.05, 0) is 51.9 Å². The van der Waals surface area contributed by atoms with Crippen molar-refractivity contribution in [1.29, 1.82) is 0 Å². The molecule has 1 aromatic heterocycles. The predicted octanol–water partition coefficient (Wildman–Crippen LogP) is 5.63. The highest BCUT2D eigenvalue weighted by Crippen LogP contribution is 2.27. The average Bonchev–Trinajstić information content (AvgIpc) is 2.43. The molecule has 2 aromatic carbocycles. The summed E-state index contributed by atoms with van der Waals surface area (Å²) in [6.45, 7) is 8.89. The molecule has 0 saturated carbocycles. The van der Waals surface area contributed by atoms with Crippen molar-refractivity contribution < 1.29 is 0 Å². The summed E-state index contributed by atoms with van der Waals surface area (Å²) in [4.78, 5) is 4.61. The molecule has 1 heterocycles. The molecule has 0 radical (unpaired) electrons. The van der Waals surface area contributed by atoms with Crippen LogP contribution in [0.1, 0.15) is 50.7 Å². The van der Waals surface area contributed by atoms with Crippen LogP contribution < -0.4 is 0 Å². The minimum absolute atomic E-state index is 0.518. The SMILES string of the molecule is CC(C)c1ccc2cc3ncc(C(C)C)cc3cc2c1. The van der Waals surface area contributed by atoms with E-state index in [1.54, 1.807) is 0 Å². The van der Waals surface area contributed by atoms with Crippen molar-refractivity contribution in [2.75, 3.05) is 0 Å². The third-order valence-electron chi connectivity index (χ3n) is 4.02. The van der Waals surface area contributed by atoms with Crippen LogP contribution in [-0.4, -0.2) is 4.98 Å². The van der Waals surface area contributed by atoms with Gasteiger partial charge in [0, 0.05) is 11.6 Å². The molecule has 0 spiro atoms. The molecule has 0 aliphatic carbocycles. The van der Waals surface area contributed by atoms with Gasteiger partial charge in [-0.1, -0.05) is 45.9 Å². The Balaban J connectivity index is 2.24. The number of fused-ring (bicyclic) bond motifs is 2. The van der Waals surface area contributed by atoms with Crippen molar-refractivity contribution in [3.63, 3.8) is 0 Å². The Morgan fingerprint density at radius 2 is 1.40 bits per heavy atom. The van der Waals surface area contributed by atoms with Crippen LogP contribution in [0.3, 0.4) is 0 Å². The molecular weight excluding hydrogens is 242 g/mol. The maximum atomic E-state index is 4.61. The third kappa shape index (κ3) is 2.29. The molecule has 0 aliphatic heterocycles. The second-order valence-corrected chi connectivity index (χ2v) is 6.23. The van der Waals surface area contributed by atoms with Gasteiger partial charge in [0.15, 0.2) is 0 Å². The number of benzene rings is 2. The topological polar surface area (TPSA) is 12.9 Å². The van der Waals surface area contributed by atoms with Crippen molar-refractivity contribution in [2.24, 2.45) is 0 Å². The second kappa shape index (κ2) is 4.90. The Kier molecular flexibility index (Phi) is 3.21. The van der Waals surface area contributed by atoms with Gasteiger partial charge in [0.25, 0.3) is 0 Å². The Morgan fingerprint density at radius 3 is 2.10 bits per heavy atom. The molecule has 0 aliphatic rings. The number of pyridine rings is 1. The molecule has 3 aromatic rings. The Hall–Kier alpha value is -1.89. The number of hydrogen-bond donors (Lipinski definition) is 0. The fourth-order valence-electron chi connectivity index (χ4n) is 2.58. The molecule has 1 nitrogen and oxygen atoms in total. The van der Waals surface area contributed by atoms with Crippen molar-refractivity contribution in [1.82, 2.24) is 4.98 Å². The smallest absolute Gasteiger partial charge is 0.0708 e. The van der Waals surface area contributed by atoms with E-state index in [2.05, 4.69) is 69.1 Å². The number of hydrogen-bond acceptors (Lipinski definition) is 1. The molecule has 1 heteroatoms. The maximum absolute atomic E-state index is 4.61. The van der Waals surface area contributed by atoms with E-state index < -0.39 is 0 Å². The third-order valence-corrected chi connectivity index (χ3v) is 4.02. The minimum Gasteiger partial charge on any atom is -0.256 e. The lowest BCUT2D eigenvalue weighted by atomic mass is 9.97. The minimum atomic E-state index is 0.518. The van der Waals surface area contributed by atoms with Gasteiger partial charge in [-0.15, -0.1) is 0 Å². The van der Waals surface area contributed by atoms with Crippen LogP contribution in [0.5, 0.6) is 0 Å². The van der Waals surface area contributed by atoms with E-state index >= 15 is 0 Å². The van der Waals surface area contributed by atoms with Gasteiger partial charge in [0.1, 0.15) is 0 Å². The second-order valence-electron chi connectivity index (χ2n) is 6.23. The first-order valence-corrected chi connectivity index (χ1v) is 7.38. The van der Waals surface area contributed by atoms with Gasteiger partial charge in [0.2, 0.25) is 0 Å². The summed E-state index contributed by atoms with van der Waals surface area (Å²) >= 11 is 0. The first kappa shape index (κ1) is 13.1. The largest absolute Gasteiger partial charge is 0.256 e. The molecule has 102 valence electrons. The van der Waals surface area contributed by atoms with E-state index in [0.29, 0.717) is 11.8 Å². The predicted molar refractivity (Wildman–Crippen MR) is 87.4 cm³/mol. The molecule has 3 rings (SSSR count). The monoisotopic (exact) mass is 263 g/mol. The van der Waals surface area contributed by atoms with Crippen LogP contribution >= 0.6 is 0 Å². The summed E-state index contributed by atoms with van der Waals surface area (Å²) in [6.07, 6.45) is 2.00. The molecule has 0 atom stereocenters. The highest BCUT2D eigenvalue weighted by molar-refractivity contribution is 5.96. The fraction of sp³-hybridized carbons (Fsp3) is 0.316. The number of nitrogens with zero attached hydrogens (tertiary/aromatic N) is 1. The first-order chi connectivity index (χ1) is 9.54. The normalized spacial score (nSPS) is 11.9. The standard InChI is InChI=1S/C19H21N/c1-12(2)14-5-6-15-10-19-17(8-16(15)7-14)9-18(11-20-19)13(3)4/h5-13H,1-4H3. The maximum Gasteiger partial charge on any atom is 0.0708 e. The van der Waals surface area contributed by atoms with E-state index in [0.717, 1.165) is 5.52 Å². The molecule has 20 heavy (non-hydrogen) atoms. The highest BCUT2D eigenvalue weighted by atomic mass is 14.6. The molecule has 0 amide bonds. The van der Waals surface area contributed by atoms with E-state index in [4.69, 9.17) is 0 Å². The fourth-order valence-corrected chi connectivity index (χ4v) is 2.58. The summed E-state index contributed by atoms with van der Waals surface area (Å²) in [5.41, 5.74) is 3.78. The van der Waals surface area contributed by atoms with Crippen LogP contribution in [0, 0.1) is 0 Å². The zero-order valence-electron chi connectivity index (χ0n) is 12.6. The number of rotatable bonds is 2. The zero-order valence-corrected chi connectivity index (χ0v) is 12.6. The molecule has 0 N–H and O–H groups in total. The lowest BCUT2D eigenvalue weighted by molar-refractivity contribution is 0.862. The summed E-state index contributed by atoms with van der Waals surface area (Å²) < 4.78 is 0. The van der Waals surface area contributed by atoms with Crippen molar-refractivity contribution in [3.8, 4) is 0 Å². The summed E-state index contributed by atoms with van der Waals surface area (Å²) in [5.74, 6) is 1.08. The Labute approximate surface area is 120 Å². The van der Waals surface area contributed by atoms with Gasteiger partial charge in [-0.2, -0.15) is 0 Å². The van der Waals surface area contributed by atoms with Gasteiger partial charge in [0.05, 0.1) is 5.52 Å². The summed E-state index contributed by atoms with van der Waals surface area (Å²) in [7, 11) is 0. The van der Waals surface area contributed by atoms with Gasteiger partial charge in [-0.25, -0.2) is 0 Å². The van der Waals surface area contributed by atoms with E-state index in [-0.39, 0.29) is 0 Å². The molecule has 0 fully saturated rings. The molecule has 0 saturated heterocycles. The van der Waals surface area contributed by atoms with E-state index in [9.17, 15) is 0 Å². The number of aromatic nitrogens is 1. The average molecular weight is 263 g/mol. The van der Waals surface area contributed by atoms with Crippen molar-refractivity contribution >= 4 is 21.7 Å². The van der Waals surface area contributed by atoms with Crippen LogP contribution in [0.25, 0.3) is 21.7 Å². The van der Waals surface area contributed by atoms with E-state index in [1.165, 1.54) is 27.3 Å². The van der Waals surface area contributed by atoms with Crippen molar-refractivity contribution in [2.45, 2.75) is 39.5 Å². The highest BCUT2D eigenvalue weighted by Gasteiger charge is 2.05. The lowest BCUT2D eigenvalue weighted by Gasteiger charge is -2.10. The van der Waals surface area contributed by atoms with Crippen molar-refractivity contribution in [3.05, 3.63) is 53.7 Å². The van der Waals surface area contributed by atoms with Crippen LogP contribution in [-0.2, 0) is 0 Å². The Morgan fingerprint density at radius 1 is 0.700 bits per heavy atom. The molecule has 0 unspecified atom stereocenters. The summed E-state index contributed by atoms with van der Waals surface area (Å²) in [6, 6.07) is 13.5. The van der Waals surface area contributed by atoms with E-state index in [1.807, 2.05) is 6.20 Å². The lowest BCUT2D eigenvalue weighted by Crippen LogP contribution is -1.91. The molecule has 0 bridgehead atoms. The molecular formula is C19H21N. The first-order valence-electron chi connectivity index (χ1n) is 7.38. The zero-order chi connectivity index (χ0) is 14.3. The van der Waals surface area contributed by atoms with Gasteiger partial charge >= 0.3 is 0 Å². The van der Waals surface area contributed by atoms with Gasteiger partial charge in [-0.3, -0.25) is 4.98 Å². The van der Waals surface area contributed by atoms with Gasteiger partial charge < -0.3 is 0 Å². The van der Waals surface area contributed by atoms with Crippen LogP contribution in [0.4, 0.5) is 0 Å². The van der Waals surface area contributed by atoms with Crippen LogP contribution in [0.2, 0.25) is 0 Å². The quantitative estimate of drug-likeness (QED) is 0.546.